The Morgan fingerprint density at radius 1 is 1.20 bits per heavy atom. The molecule has 6 rings (SSSR count). The average molecular weight is 771 g/mol. The monoisotopic (exact) mass is 770 g/mol. The highest BCUT2D eigenvalue weighted by molar-refractivity contribution is 6.33. The standard InChI is InChI=1S/C37H40ClF3N6O5.C2H6/c1-21-19-36(12-9-22(2)45(15-13-36)35(51)32-29(48)6-5-14-42-32)31-33(21)46(20-30(49)43-28-8-7-26(18-27(28)38)37(39,40)41)24(4)47(34(31)50)44-23(3)25-10-16-52-17-11-25;1-2/h5-8,10,14,18,21-22,48H,4,9,11-13,15-17,19-20H2,1-3H3,(H,43,49);1-2H3/b44-23+;. The van der Waals surface area contributed by atoms with Crippen molar-refractivity contribution in [2.45, 2.75) is 78.9 Å². The number of benzene rings is 1. The van der Waals surface area contributed by atoms with Gasteiger partial charge in [0.2, 0.25) is 5.91 Å². The molecule has 3 atom stereocenters. The van der Waals surface area contributed by atoms with Gasteiger partial charge in [-0.05, 0) is 87.8 Å². The normalized spacial score (nSPS) is 23.5. The van der Waals surface area contributed by atoms with E-state index in [9.17, 15) is 32.7 Å². The lowest BCUT2D eigenvalue weighted by Crippen LogP contribution is -2.47. The molecule has 1 aliphatic carbocycles. The summed E-state index contributed by atoms with van der Waals surface area (Å²) >= 11 is 6.16. The Bertz CT molecular complexity index is 1910. The van der Waals surface area contributed by atoms with Crippen molar-refractivity contribution in [2.24, 2.45) is 16.4 Å². The second-order valence-corrected chi connectivity index (χ2v) is 14.2. The van der Waals surface area contributed by atoms with Crippen molar-refractivity contribution in [3.63, 3.8) is 0 Å². The minimum Gasteiger partial charge on any atom is -0.505 e. The van der Waals surface area contributed by atoms with Crippen LogP contribution >= 0.6 is 11.6 Å². The summed E-state index contributed by atoms with van der Waals surface area (Å²) in [7, 11) is 0. The number of carbonyl (C=O) groups is 3. The molecule has 4 aliphatic rings. The van der Waals surface area contributed by atoms with Crippen LogP contribution in [0.2, 0.25) is 5.02 Å². The number of hydrogen-bond donors (Lipinski definition) is 2. The second-order valence-electron chi connectivity index (χ2n) is 13.8. The van der Waals surface area contributed by atoms with Crippen LogP contribution in [0.25, 0.3) is 0 Å². The van der Waals surface area contributed by atoms with E-state index in [0.717, 1.165) is 23.8 Å². The predicted molar refractivity (Wildman–Crippen MR) is 199 cm³/mol. The Morgan fingerprint density at radius 2 is 1.94 bits per heavy atom. The van der Waals surface area contributed by atoms with E-state index >= 15 is 0 Å². The summed E-state index contributed by atoms with van der Waals surface area (Å²) in [6.07, 6.45) is 1.45. The van der Waals surface area contributed by atoms with Crippen LogP contribution in [0.5, 0.6) is 5.75 Å². The van der Waals surface area contributed by atoms with Crippen LogP contribution in [0.15, 0.2) is 76.9 Å². The number of aromatic nitrogens is 1. The molecule has 3 amide bonds. The predicted octanol–water partition coefficient (Wildman–Crippen LogP) is 7.76. The maximum Gasteiger partial charge on any atom is 0.416 e. The molecule has 0 saturated carbocycles. The van der Waals surface area contributed by atoms with Crippen molar-refractivity contribution in [1.82, 2.24) is 19.8 Å². The zero-order valence-corrected chi connectivity index (χ0v) is 31.9. The summed E-state index contributed by atoms with van der Waals surface area (Å²) in [5, 5.41) is 18.7. The number of rotatable bonds is 6. The van der Waals surface area contributed by atoms with Gasteiger partial charge in [-0.25, -0.2) is 4.98 Å². The molecule has 3 unspecified atom stereocenters. The lowest BCUT2D eigenvalue weighted by Gasteiger charge is -2.40. The number of amides is 3. The highest BCUT2D eigenvalue weighted by Crippen LogP contribution is 2.56. The number of alkyl halides is 3. The Labute approximate surface area is 318 Å². The minimum atomic E-state index is -4.61. The van der Waals surface area contributed by atoms with Gasteiger partial charge in [-0.2, -0.15) is 23.3 Å². The Kier molecular flexibility index (Phi) is 12.3. The molecular weight excluding hydrogens is 725 g/mol. The van der Waals surface area contributed by atoms with E-state index in [1.807, 2.05) is 33.8 Å². The van der Waals surface area contributed by atoms with Crippen LogP contribution in [0.1, 0.15) is 82.8 Å². The molecule has 1 spiro atoms. The topological polar surface area (TPSA) is 128 Å². The third-order valence-corrected chi connectivity index (χ3v) is 10.7. The van der Waals surface area contributed by atoms with E-state index in [1.54, 1.807) is 22.8 Å². The molecule has 3 aliphatic heterocycles. The first-order valence-electron chi connectivity index (χ1n) is 18.1. The van der Waals surface area contributed by atoms with Crippen molar-refractivity contribution in [3.8, 4) is 5.75 Å². The summed E-state index contributed by atoms with van der Waals surface area (Å²) in [6.45, 7) is 14.8. The number of allylic oxidation sites excluding steroid dienone is 1. The number of hydrazone groups is 1. The quantitative estimate of drug-likeness (QED) is 0.288. The maximum absolute atomic E-state index is 14.7. The molecular formula is C39H46ClF3N6O5. The van der Waals surface area contributed by atoms with Crippen LogP contribution in [0, 0.1) is 11.3 Å². The fourth-order valence-electron chi connectivity index (χ4n) is 7.77. The van der Waals surface area contributed by atoms with Crippen LogP contribution in [0.3, 0.4) is 0 Å². The minimum absolute atomic E-state index is 0.00198. The highest BCUT2D eigenvalue weighted by Gasteiger charge is 2.54. The first-order chi connectivity index (χ1) is 25.6. The second kappa shape index (κ2) is 16.4. The molecule has 15 heteroatoms. The molecule has 0 bridgehead atoms. The number of carbonyl (C=O) groups excluding carboxylic acids is 3. The molecule has 4 heterocycles. The van der Waals surface area contributed by atoms with Gasteiger partial charge in [-0.3, -0.25) is 14.4 Å². The lowest BCUT2D eigenvalue weighted by molar-refractivity contribution is -0.137. The SMILES string of the molecule is C=C1N(CC(=O)Nc2ccc(C(F)(F)F)cc2Cl)C2=C(C(=O)N1/N=C(\C)C1=CCOCC1)C1(CCC(C)N(C(=O)c3ncccc3O)CC1)CC2C.CC. The average Bonchev–Trinajstić information content (AvgIpc) is 3.33. The first kappa shape index (κ1) is 40.5. The van der Waals surface area contributed by atoms with Gasteiger partial charge in [0.25, 0.3) is 11.8 Å². The molecule has 54 heavy (non-hydrogen) atoms. The third-order valence-electron chi connectivity index (χ3n) is 10.4. The number of ether oxygens (including phenoxy) is 1. The van der Waals surface area contributed by atoms with Gasteiger partial charge in [-0.1, -0.05) is 45.0 Å². The molecule has 1 saturated heterocycles. The summed E-state index contributed by atoms with van der Waals surface area (Å²) in [5.41, 5.74) is 0.937. The summed E-state index contributed by atoms with van der Waals surface area (Å²) in [5.74, 6) is -1.63. The van der Waals surface area contributed by atoms with Gasteiger partial charge in [0.05, 0.1) is 35.2 Å². The fourth-order valence-corrected chi connectivity index (χ4v) is 7.99. The van der Waals surface area contributed by atoms with E-state index in [1.165, 1.54) is 17.3 Å². The number of nitrogens with one attached hydrogen (secondary N) is 1. The van der Waals surface area contributed by atoms with Crippen LogP contribution < -0.4 is 5.32 Å². The number of anilines is 1. The Balaban J connectivity index is 0.00000276. The maximum atomic E-state index is 14.7. The van der Waals surface area contributed by atoms with Crippen LogP contribution in [-0.2, 0) is 20.5 Å². The molecule has 1 aromatic heterocycles. The smallest absolute Gasteiger partial charge is 0.416 e. The Hall–Kier alpha value is -4.69. The first-order valence-corrected chi connectivity index (χ1v) is 18.5. The third kappa shape index (κ3) is 8.04. The van der Waals surface area contributed by atoms with Crippen molar-refractivity contribution in [3.05, 3.63) is 88.1 Å². The number of fused-ring (bicyclic) bond motifs is 1. The van der Waals surface area contributed by atoms with Crippen molar-refractivity contribution >= 4 is 40.7 Å². The molecule has 11 nitrogen and oxygen atoms in total. The number of likely N-dealkylation sites (tertiary alicyclic amines) is 1. The summed E-state index contributed by atoms with van der Waals surface area (Å²) in [6, 6.07) is 5.42. The summed E-state index contributed by atoms with van der Waals surface area (Å²) < 4.78 is 45.2. The fraction of sp³-hybridized carbons (Fsp3) is 0.462. The largest absolute Gasteiger partial charge is 0.505 e. The number of halogens is 4. The molecule has 2 N–H and O–H groups in total. The number of hydrogen-bond acceptors (Lipinski definition) is 8. The summed E-state index contributed by atoms with van der Waals surface area (Å²) in [4.78, 5) is 49.4. The molecule has 1 aromatic carbocycles. The van der Waals surface area contributed by atoms with E-state index in [4.69, 9.17) is 21.4 Å². The van der Waals surface area contributed by atoms with Gasteiger partial charge >= 0.3 is 6.18 Å². The molecule has 290 valence electrons. The van der Waals surface area contributed by atoms with Crippen molar-refractivity contribution in [2.75, 3.05) is 31.6 Å². The molecule has 2 aromatic rings. The number of nitrogens with zero attached hydrogens (tertiary/aromatic N) is 5. The highest BCUT2D eigenvalue weighted by atomic mass is 35.5. The van der Waals surface area contributed by atoms with Gasteiger partial charge < -0.3 is 25.0 Å². The number of pyridine rings is 1. The zero-order valence-electron chi connectivity index (χ0n) is 31.1. The van der Waals surface area contributed by atoms with Gasteiger partial charge in [0.15, 0.2) is 5.69 Å². The van der Waals surface area contributed by atoms with E-state index < -0.39 is 29.0 Å². The van der Waals surface area contributed by atoms with Crippen LogP contribution in [-0.4, -0.2) is 80.7 Å². The van der Waals surface area contributed by atoms with E-state index in [2.05, 4.69) is 16.9 Å². The van der Waals surface area contributed by atoms with E-state index in [-0.39, 0.29) is 58.9 Å². The van der Waals surface area contributed by atoms with Crippen molar-refractivity contribution in [1.29, 1.82) is 0 Å². The van der Waals surface area contributed by atoms with Crippen LogP contribution in [0.4, 0.5) is 18.9 Å². The van der Waals surface area contributed by atoms with Crippen molar-refractivity contribution < 1.29 is 37.4 Å². The zero-order chi connectivity index (χ0) is 39.5. The van der Waals surface area contributed by atoms with Gasteiger partial charge in [0.1, 0.15) is 18.1 Å². The van der Waals surface area contributed by atoms with E-state index in [0.29, 0.717) is 62.3 Å². The Morgan fingerprint density at radius 3 is 2.59 bits per heavy atom. The molecule has 1 fully saturated rings. The molecule has 0 radical (unpaired) electrons. The lowest BCUT2D eigenvalue weighted by atomic mass is 9.73. The van der Waals surface area contributed by atoms with Gasteiger partial charge in [0, 0.05) is 35.5 Å². The number of aromatic hydroxyl groups is 1. The van der Waals surface area contributed by atoms with Gasteiger partial charge in [-0.15, -0.1) is 0 Å².